The third-order valence-electron chi connectivity index (χ3n) is 3.39. The number of methoxy groups -OCH3 is 2. The summed E-state index contributed by atoms with van der Waals surface area (Å²) in [5.74, 6) is 1.94. The fraction of sp³-hybridized carbons (Fsp3) is 0.467. The van der Waals surface area contributed by atoms with Gasteiger partial charge in [-0.2, -0.15) is 0 Å². The molecule has 1 aromatic carbocycles. The lowest BCUT2D eigenvalue weighted by molar-refractivity contribution is 0.395. The second-order valence-electron chi connectivity index (χ2n) is 5.01. The summed E-state index contributed by atoms with van der Waals surface area (Å²) in [6.07, 6.45) is 0. The molecule has 0 radical (unpaired) electrons. The summed E-state index contributed by atoms with van der Waals surface area (Å²) < 4.78 is 14.9. The number of hydrogen-bond donors (Lipinski definition) is 1. The van der Waals surface area contributed by atoms with E-state index in [1.807, 2.05) is 25.2 Å². The number of rotatable bonds is 6. The van der Waals surface area contributed by atoms with Crippen LogP contribution in [0, 0.1) is 0 Å². The zero-order chi connectivity index (χ0) is 15.4. The van der Waals surface area contributed by atoms with Crippen molar-refractivity contribution in [1.29, 1.82) is 0 Å². The molecule has 2 aromatic rings. The maximum atomic E-state index is 5.49. The van der Waals surface area contributed by atoms with Crippen molar-refractivity contribution in [1.82, 2.24) is 14.9 Å². The molecule has 0 amide bonds. The quantitative estimate of drug-likeness (QED) is 0.889. The smallest absolute Gasteiger partial charge is 0.124 e. The van der Waals surface area contributed by atoms with Crippen LogP contribution in [0.1, 0.15) is 41.9 Å². The highest BCUT2D eigenvalue weighted by Crippen LogP contribution is 2.36. The molecular weight excluding hydrogens is 286 g/mol. The van der Waals surface area contributed by atoms with Crippen LogP contribution in [0.4, 0.5) is 0 Å². The summed E-state index contributed by atoms with van der Waals surface area (Å²) in [4.78, 5) is 1.11. The van der Waals surface area contributed by atoms with Gasteiger partial charge in [-0.3, -0.25) is 0 Å². The summed E-state index contributed by atoms with van der Waals surface area (Å²) in [5.41, 5.74) is 2.04. The molecule has 114 valence electrons. The Balaban J connectivity index is 2.52. The molecule has 1 N–H and O–H groups in total. The number of ether oxygens (including phenoxy) is 2. The molecule has 21 heavy (non-hydrogen) atoms. The van der Waals surface area contributed by atoms with Crippen molar-refractivity contribution in [3.05, 3.63) is 34.3 Å². The van der Waals surface area contributed by atoms with Gasteiger partial charge >= 0.3 is 0 Å². The van der Waals surface area contributed by atoms with Crippen LogP contribution in [0.5, 0.6) is 11.5 Å². The Morgan fingerprint density at radius 2 is 1.95 bits per heavy atom. The van der Waals surface area contributed by atoms with Crippen molar-refractivity contribution in [2.75, 3.05) is 21.3 Å². The fourth-order valence-corrected chi connectivity index (χ4v) is 3.23. The van der Waals surface area contributed by atoms with Crippen molar-refractivity contribution < 1.29 is 9.47 Å². The highest BCUT2D eigenvalue weighted by Gasteiger charge is 2.24. The third-order valence-corrected chi connectivity index (χ3v) is 4.19. The SMILES string of the molecule is CNC(c1cc(OC)ccc1OC)c1snnc1C(C)C. The second-order valence-corrected chi connectivity index (χ2v) is 5.79. The molecule has 1 unspecified atom stereocenters. The molecule has 6 heteroatoms. The van der Waals surface area contributed by atoms with E-state index < -0.39 is 0 Å². The minimum atomic E-state index is -0.0209. The predicted octanol–water partition coefficient (Wildman–Crippen LogP) is 2.99. The number of nitrogens with zero attached hydrogens (tertiary/aromatic N) is 2. The Kier molecular flexibility index (Phi) is 5.14. The van der Waals surface area contributed by atoms with Crippen LogP contribution in [0.3, 0.4) is 0 Å². The Morgan fingerprint density at radius 1 is 1.19 bits per heavy atom. The largest absolute Gasteiger partial charge is 0.497 e. The standard InChI is InChI=1S/C15H21N3O2S/c1-9(2)13-15(21-18-17-13)14(16-3)11-8-10(19-4)6-7-12(11)20-5/h6-9,14,16H,1-5H3. The molecule has 1 heterocycles. The van der Waals surface area contributed by atoms with E-state index >= 15 is 0 Å². The van der Waals surface area contributed by atoms with Gasteiger partial charge in [-0.05, 0) is 42.7 Å². The second kappa shape index (κ2) is 6.87. The van der Waals surface area contributed by atoms with Crippen LogP contribution in [0.15, 0.2) is 18.2 Å². The lowest BCUT2D eigenvalue weighted by Gasteiger charge is -2.20. The van der Waals surface area contributed by atoms with E-state index in [0.717, 1.165) is 27.6 Å². The predicted molar refractivity (Wildman–Crippen MR) is 84.4 cm³/mol. The first-order valence-corrected chi connectivity index (χ1v) is 7.61. The molecular formula is C15H21N3O2S. The van der Waals surface area contributed by atoms with Gasteiger partial charge in [0, 0.05) is 5.56 Å². The fourth-order valence-electron chi connectivity index (χ4n) is 2.30. The van der Waals surface area contributed by atoms with Gasteiger partial charge in [-0.15, -0.1) is 5.10 Å². The van der Waals surface area contributed by atoms with Gasteiger partial charge in [0.2, 0.25) is 0 Å². The average Bonchev–Trinajstić information content (AvgIpc) is 2.97. The minimum Gasteiger partial charge on any atom is -0.497 e. The topological polar surface area (TPSA) is 56.3 Å². The molecule has 1 aromatic heterocycles. The lowest BCUT2D eigenvalue weighted by atomic mass is 9.99. The Hall–Kier alpha value is -1.66. The van der Waals surface area contributed by atoms with E-state index in [2.05, 4.69) is 28.8 Å². The summed E-state index contributed by atoms with van der Waals surface area (Å²) >= 11 is 1.42. The molecule has 0 aliphatic rings. The minimum absolute atomic E-state index is 0.0209. The van der Waals surface area contributed by atoms with Crippen LogP contribution >= 0.6 is 11.5 Å². The van der Waals surface area contributed by atoms with Gasteiger partial charge in [0.15, 0.2) is 0 Å². The van der Waals surface area contributed by atoms with E-state index in [1.165, 1.54) is 11.5 Å². The molecule has 1 atom stereocenters. The number of aromatic nitrogens is 2. The first-order chi connectivity index (χ1) is 10.1. The van der Waals surface area contributed by atoms with Crippen molar-refractivity contribution in [3.8, 4) is 11.5 Å². The zero-order valence-electron chi connectivity index (χ0n) is 13.0. The number of nitrogens with one attached hydrogen (secondary N) is 1. The van der Waals surface area contributed by atoms with E-state index in [1.54, 1.807) is 14.2 Å². The summed E-state index contributed by atoms with van der Waals surface area (Å²) in [7, 11) is 5.26. The summed E-state index contributed by atoms with van der Waals surface area (Å²) in [5, 5.41) is 7.60. The molecule has 0 aliphatic carbocycles. The molecule has 0 spiro atoms. The van der Waals surface area contributed by atoms with Crippen molar-refractivity contribution in [2.24, 2.45) is 0 Å². The van der Waals surface area contributed by atoms with E-state index in [0.29, 0.717) is 5.92 Å². The maximum Gasteiger partial charge on any atom is 0.124 e. The van der Waals surface area contributed by atoms with Crippen molar-refractivity contribution >= 4 is 11.5 Å². The molecule has 0 saturated carbocycles. The lowest BCUT2D eigenvalue weighted by Crippen LogP contribution is -2.19. The molecule has 5 nitrogen and oxygen atoms in total. The Morgan fingerprint density at radius 3 is 2.52 bits per heavy atom. The summed E-state index contributed by atoms with van der Waals surface area (Å²) in [6, 6.07) is 5.78. The van der Waals surface area contributed by atoms with E-state index in [9.17, 15) is 0 Å². The van der Waals surface area contributed by atoms with Crippen LogP contribution < -0.4 is 14.8 Å². The van der Waals surface area contributed by atoms with E-state index in [-0.39, 0.29) is 6.04 Å². The van der Waals surface area contributed by atoms with Crippen LogP contribution in [0.25, 0.3) is 0 Å². The van der Waals surface area contributed by atoms with Gasteiger partial charge in [-0.25, -0.2) is 0 Å². The highest BCUT2D eigenvalue weighted by molar-refractivity contribution is 7.05. The number of benzene rings is 1. The zero-order valence-corrected chi connectivity index (χ0v) is 13.8. The van der Waals surface area contributed by atoms with Crippen LogP contribution in [-0.4, -0.2) is 30.9 Å². The van der Waals surface area contributed by atoms with Crippen LogP contribution in [0.2, 0.25) is 0 Å². The maximum absolute atomic E-state index is 5.49. The number of hydrogen-bond acceptors (Lipinski definition) is 6. The van der Waals surface area contributed by atoms with Crippen molar-refractivity contribution in [2.45, 2.75) is 25.8 Å². The molecule has 0 aliphatic heterocycles. The molecule has 0 fully saturated rings. The average molecular weight is 307 g/mol. The Bertz CT molecular complexity index is 598. The van der Waals surface area contributed by atoms with Gasteiger partial charge in [-0.1, -0.05) is 18.3 Å². The third kappa shape index (κ3) is 3.16. The summed E-state index contributed by atoms with van der Waals surface area (Å²) in [6.45, 7) is 4.24. The first-order valence-electron chi connectivity index (χ1n) is 6.83. The van der Waals surface area contributed by atoms with Crippen LogP contribution in [-0.2, 0) is 0 Å². The monoisotopic (exact) mass is 307 g/mol. The van der Waals surface area contributed by atoms with Crippen molar-refractivity contribution in [3.63, 3.8) is 0 Å². The van der Waals surface area contributed by atoms with Gasteiger partial charge in [0.25, 0.3) is 0 Å². The van der Waals surface area contributed by atoms with Gasteiger partial charge in [0.05, 0.1) is 30.8 Å². The molecule has 0 bridgehead atoms. The molecule has 2 rings (SSSR count). The first kappa shape index (κ1) is 15.7. The van der Waals surface area contributed by atoms with Gasteiger partial charge in [0.1, 0.15) is 11.5 Å². The highest BCUT2D eigenvalue weighted by atomic mass is 32.1. The van der Waals surface area contributed by atoms with Gasteiger partial charge < -0.3 is 14.8 Å². The normalized spacial score (nSPS) is 12.5. The Labute approximate surface area is 129 Å². The van der Waals surface area contributed by atoms with E-state index in [4.69, 9.17) is 9.47 Å². The molecule has 0 saturated heterocycles.